The zero-order valence-electron chi connectivity index (χ0n) is 12.1. The molecular weight excluding hydrogens is 256 g/mol. The van der Waals surface area contributed by atoms with E-state index in [1.165, 1.54) is 11.1 Å². The Labute approximate surface area is 121 Å². The Morgan fingerprint density at radius 2 is 1.79 bits per heavy atom. The third-order valence-corrected chi connectivity index (χ3v) is 3.07. The van der Waals surface area contributed by atoms with Crippen LogP contribution in [-0.4, -0.2) is 6.61 Å². The van der Waals surface area contributed by atoms with Gasteiger partial charge in [0.15, 0.2) is 0 Å². The van der Waals surface area contributed by atoms with Gasteiger partial charge in [-0.05, 0) is 51.3 Å². The second kappa shape index (κ2) is 8.95. The molecule has 0 bridgehead atoms. The second-order valence-electron chi connectivity index (χ2n) is 5.01. The first-order valence-electron chi connectivity index (χ1n) is 6.69. The molecule has 0 radical (unpaired) electrons. The molecule has 0 spiro atoms. The molecule has 0 amide bonds. The lowest BCUT2D eigenvalue weighted by Gasteiger charge is -2.03. The summed E-state index contributed by atoms with van der Waals surface area (Å²) in [7, 11) is 0. The van der Waals surface area contributed by atoms with Crippen molar-refractivity contribution in [3.8, 4) is 0 Å². The number of benzene rings is 1. The summed E-state index contributed by atoms with van der Waals surface area (Å²) in [5.74, 6) is 0. The molecular formula is C17H23ClO. The molecule has 0 unspecified atom stereocenters. The molecule has 0 aliphatic rings. The highest BCUT2D eigenvalue weighted by atomic mass is 35.5. The third-order valence-electron chi connectivity index (χ3n) is 2.82. The van der Waals surface area contributed by atoms with Gasteiger partial charge in [-0.1, -0.05) is 47.0 Å². The molecule has 104 valence electrons. The van der Waals surface area contributed by atoms with E-state index in [1.54, 1.807) is 0 Å². The van der Waals surface area contributed by atoms with E-state index in [2.05, 4.69) is 32.9 Å². The van der Waals surface area contributed by atoms with E-state index in [-0.39, 0.29) is 0 Å². The molecule has 0 fully saturated rings. The first-order valence-corrected chi connectivity index (χ1v) is 7.07. The normalized spacial score (nSPS) is 11.5. The number of hydrogen-bond donors (Lipinski definition) is 0. The van der Waals surface area contributed by atoms with Crippen molar-refractivity contribution in [3.05, 3.63) is 58.1 Å². The van der Waals surface area contributed by atoms with E-state index in [4.69, 9.17) is 16.3 Å². The zero-order valence-corrected chi connectivity index (χ0v) is 12.8. The van der Waals surface area contributed by atoms with E-state index in [0.29, 0.717) is 13.2 Å². The van der Waals surface area contributed by atoms with Crippen LogP contribution in [0.15, 0.2) is 47.6 Å². The Balaban J connectivity index is 2.22. The predicted molar refractivity (Wildman–Crippen MR) is 83.5 cm³/mol. The molecule has 1 aromatic carbocycles. The summed E-state index contributed by atoms with van der Waals surface area (Å²) >= 11 is 5.83. The van der Waals surface area contributed by atoms with Crippen LogP contribution < -0.4 is 0 Å². The van der Waals surface area contributed by atoms with Gasteiger partial charge < -0.3 is 4.74 Å². The topological polar surface area (TPSA) is 9.23 Å². The third kappa shape index (κ3) is 7.86. The lowest BCUT2D eigenvalue weighted by atomic mass is 10.1. The standard InChI is InChI=1S/C17H23ClO/c1-14(2)5-4-6-15(3)11-12-19-13-16-7-9-17(18)10-8-16/h5,7-11H,4,6,12-13H2,1-3H3/b15-11+. The monoisotopic (exact) mass is 278 g/mol. The molecule has 1 aromatic rings. The maximum atomic E-state index is 5.83. The Hall–Kier alpha value is -1.05. The van der Waals surface area contributed by atoms with Crippen LogP contribution in [0.1, 0.15) is 39.2 Å². The van der Waals surface area contributed by atoms with E-state index < -0.39 is 0 Å². The molecule has 19 heavy (non-hydrogen) atoms. The van der Waals surface area contributed by atoms with E-state index in [0.717, 1.165) is 23.4 Å². The Morgan fingerprint density at radius 1 is 1.11 bits per heavy atom. The Morgan fingerprint density at radius 3 is 2.42 bits per heavy atom. The van der Waals surface area contributed by atoms with Gasteiger partial charge in [-0.25, -0.2) is 0 Å². The van der Waals surface area contributed by atoms with Gasteiger partial charge >= 0.3 is 0 Å². The Kier molecular flexibility index (Phi) is 7.54. The van der Waals surface area contributed by atoms with Crippen LogP contribution in [-0.2, 0) is 11.3 Å². The molecule has 0 atom stereocenters. The number of allylic oxidation sites excluding steroid dienone is 3. The van der Waals surface area contributed by atoms with Crippen molar-refractivity contribution >= 4 is 11.6 Å². The summed E-state index contributed by atoms with van der Waals surface area (Å²) in [5.41, 5.74) is 3.92. The fraction of sp³-hybridized carbons (Fsp3) is 0.412. The fourth-order valence-electron chi connectivity index (χ4n) is 1.65. The lowest BCUT2D eigenvalue weighted by molar-refractivity contribution is 0.148. The molecule has 0 aliphatic carbocycles. The Bertz CT molecular complexity index is 425. The molecule has 0 heterocycles. The van der Waals surface area contributed by atoms with Crippen LogP contribution >= 0.6 is 11.6 Å². The number of ether oxygens (including phenoxy) is 1. The van der Waals surface area contributed by atoms with Gasteiger partial charge in [0.1, 0.15) is 0 Å². The molecule has 0 aromatic heterocycles. The largest absolute Gasteiger partial charge is 0.373 e. The minimum atomic E-state index is 0.634. The molecule has 2 heteroatoms. The van der Waals surface area contributed by atoms with Crippen molar-refractivity contribution in [1.82, 2.24) is 0 Å². The fourth-order valence-corrected chi connectivity index (χ4v) is 1.78. The van der Waals surface area contributed by atoms with Gasteiger partial charge in [-0.15, -0.1) is 0 Å². The van der Waals surface area contributed by atoms with Crippen molar-refractivity contribution < 1.29 is 4.74 Å². The summed E-state index contributed by atoms with van der Waals surface area (Å²) in [4.78, 5) is 0. The molecule has 1 nitrogen and oxygen atoms in total. The quantitative estimate of drug-likeness (QED) is 0.469. The van der Waals surface area contributed by atoms with Crippen molar-refractivity contribution in [2.24, 2.45) is 0 Å². The summed E-state index contributed by atoms with van der Waals surface area (Å²) in [6.45, 7) is 7.73. The minimum Gasteiger partial charge on any atom is -0.373 e. The summed E-state index contributed by atoms with van der Waals surface area (Å²) in [6.07, 6.45) is 6.65. The van der Waals surface area contributed by atoms with E-state index in [1.807, 2.05) is 24.3 Å². The van der Waals surface area contributed by atoms with Gasteiger partial charge in [0.05, 0.1) is 13.2 Å². The highest BCUT2D eigenvalue weighted by Gasteiger charge is 1.93. The SMILES string of the molecule is CC(C)=CCC/C(C)=C/COCc1ccc(Cl)cc1. The van der Waals surface area contributed by atoms with Gasteiger partial charge in [0.25, 0.3) is 0 Å². The first kappa shape index (κ1) is 16.0. The zero-order chi connectivity index (χ0) is 14.1. The van der Waals surface area contributed by atoms with Crippen LogP contribution in [0, 0.1) is 0 Å². The lowest BCUT2D eigenvalue weighted by Crippen LogP contribution is -1.93. The van der Waals surface area contributed by atoms with E-state index >= 15 is 0 Å². The second-order valence-corrected chi connectivity index (χ2v) is 5.45. The van der Waals surface area contributed by atoms with Crippen molar-refractivity contribution in [3.63, 3.8) is 0 Å². The molecule has 0 aliphatic heterocycles. The van der Waals surface area contributed by atoms with Crippen molar-refractivity contribution in [1.29, 1.82) is 0 Å². The van der Waals surface area contributed by atoms with Crippen LogP contribution in [0.5, 0.6) is 0 Å². The molecule has 1 rings (SSSR count). The predicted octanol–water partition coefficient (Wildman–Crippen LogP) is 5.55. The first-order chi connectivity index (χ1) is 9.08. The maximum Gasteiger partial charge on any atom is 0.0721 e. The van der Waals surface area contributed by atoms with Crippen LogP contribution in [0.4, 0.5) is 0 Å². The van der Waals surface area contributed by atoms with Crippen LogP contribution in [0.3, 0.4) is 0 Å². The minimum absolute atomic E-state index is 0.634. The molecule has 0 N–H and O–H groups in total. The number of halogens is 1. The van der Waals surface area contributed by atoms with Gasteiger partial charge in [0.2, 0.25) is 0 Å². The average Bonchev–Trinajstić information content (AvgIpc) is 2.36. The van der Waals surface area contributed by atoms with E-state index in [9.17, 15) is 0 Å². The van der Waals surface area contributed by atoms with Gasteiger partial charge in [-0.3, -0.25) is 0 Å². The van der Waals surface area contributed by atoms with Gasteiger partial charge in [-0.2, -0.15) is 0 Å². The van der Waals surface area contributed by atoms with Crippen molar-refractivity contribution in [2.75, 3.05) is 6.61 Å². The molecule has 0 saturated carbocycles. The number of hydrogen-bond acceptors (Lipinski definition) is 1. The number of rotatable bonds is 7. The average molecular weight is 279 g/mol. The maximum absolute atomic E-state index is 5.83. The van der Waals surface area contributed by atoms with Crippen LogP contribution in [0.2, 0.25) is 5.02 Å². The summed E-state index contributed by atoms with van der Waals surface area (Å²) in [5, 5.41) is 0.763. The van der Waals surface area contributed by atoms with Crippen molar-refractivity contribution in [2.45, 2.75) is 40.2 Å². The highest BCUT2D eigenvalue weighted by molar-refractivity contribution is 6.30. The summed E-state index contributed by atoms with van der Waals surface area (Å²) in [6, 6.07) is 7.77. The highest BCUT2D eigenvalue weighted by Crippen LogP contribution is 2.11. The van der Waals surface area contributed by atoms with Gasteiger partial charge in [0, 0.05) is 5.02 Å². The smallest absolute Gasteiger partial charge is 0.0721 e. The summed E-state index contributed by atoms with van der Waals surface area (Å²) < 4.78 is 5.62. The molecule has 0 saturated heterocycles. The van der Waals surface area contributed by atoms with Crippen LogP contribution in [0.25, 0.3) is 0 Å².